The molecule has 0 radical (unpaired) electrons. The van der Waals surface area contributed by atoms with Gasteiger partial charge in [-0.15, -0.1) is 6.58 Å². The van der Waals surface area contributed by atoms with Crippen LogP contribution in [0.2, 0.25) is 0 Å². The number of esters is 2. The van der Waals surface area contributed by atoms with Crippen LogP contribution < -0.4 is 29.6 Å². The van der Waals surface area contributed by atoms with Crippen LogP contribution in [-0.4, -0.2) is 23.1 Å². The van der Waals surface area contributed by atoms with E-state index in [9.17, 15) is 9.59 Å². The summed E-state index contributed by atoms with van der Waals surface area (Å²) in [5.41, 5.74) is 0. The predicted octanol–water partition coefficient (Wildman–Crippen LogP) is -2.87. The minimum absolute atomic E-state index is 0. The van der Waals surface area contributed by atoms with Crippen LogP contribution in [0.3, 0.4) is 0 Å². The van der Waals surface area contributed by atoms with Gasteiger partial charge in [0.1, 0.15) is 0 Å². The van der Waals surface area contributed by atoms with Crippen molar-refractivity contribution in [2.45, 2.75) is 19.4 Å². The fourth-order valence-corrected chi connectivity index (χ4v) is 0.464. The summed E-state index contributed by atoms with van der Waals surface area (Å²) in [7, 11) is 0. The molecule has 0 fully saturated rings. The van der Waals surface area contributed by atoms with Gasteiger partial charge >= 0.3 is 41.5 Å². The van der Waals surface area contributed by atoms with E-state index in [-0.39, 0.29) is 37.4 Å². The summed E-state index contributed by atoms with van der Waals surface area (Å²) in [5, 5.41) is 8.87. The fraction of sp³-hybridized carbons (Fsp3) is 0.429. The standard InChI is InChI=1S/C7H10O4.Na.H/c1-3-4-6(9)7(10)11-5(2)8;;/h3,6,9H,1,4H2,2H3;;/q;+1;-1. The molecule has 0 spiro atoms. The number of ether oxygens (including phenoxy) is 1. The van der Waals surface area contributed by atoms with Crippen LogP contribution in [0.25, 0.3) is 0 Å². The summed E-state index contributed by atoms with van der Waals surface area (Å²) < 4.78 is 4.09. The third-order valence-electron chi connectivity index (χ3n) is 0.906. The Morgan fingerprint density at radius 1 is 1.75 bits per heavy atom. The van der Waals surface area contributed by atoms with Gasteiger partial charge in [-0.3, -0.25) is 4.79 Å². The molecule has 0 heterocycles. The van der Waals surface area contributed by atoms with Gasteiger partial charge in [0.25, 0.3) is 0 Å². The van der Waals surface area contributed by atoms with Crippen molar-refractivity contribution >= 4 is 11.9 Å². The molecule has 12 heavy (non-hydrogen) atoms. The Kier molecular flexibility index (Phi) is 8.97. The normalized spacial score (nSPS) is 10.8. The van der Waals surface area contributed by atoms with E-state index in [1.165, 1.54) is 6.08 Å². The van der Waals surface area contributed by atoms with Crippen LogP contribution >= 0.6 is 0 Å². The molecule has 0 aromatic heterocycles. The number of rotatable bonds is 3. The second kappa shape index (κ2) is 7.49. The second-order valence-corrected chi connectivity index (χ2v) is 1.95. The first-order chi connectivity index (χ1) is 5.07. The Balaban J connectivity index is -0.000000500. The first-order valence-corrected chi connectivity index (χ1v) is 3.09. The first-order valence-electron chi connectivity index (χ1n) is 3.09. The topological polar surface area (TPSA) is 63.6 Å². The number of hydrogen-bond acceptors (Lipinski definition) is 4. The smallest absolute Gasteiger partial charge is 1.00 e. The molecule has 0 aromatic carbocycles. The van der Waals surface area contributed by atoms with Crippen molar-refractivity contribution in [1.82, 2.24) is 0 Å². The van der Waals surface area contributed by atoms with Crippen molar-refractivity contribution in [3.05, 3.63) is 12.7 Å². The molecular weight excluding hydrogens is 171 g/mol. The molecule has 1 unspecified atom stereocenters. The van der Waals surface area contributed by atoms with Crippen LogP contribution in [0, 0.1) is 0 Å². The van der Waals surface area contributed by atoms with E-state index < -0.39 is 18.0 Å². The van der Waals surface area contributed by atoms with Crippen LogP contribution in [0.15, 0.2) is 12.7 Å². The quantitative estimate of drug-likeness (QED) is 0.220. The molecule has 0 amide bonds. The Morgan fingerprint density at radius 2 is 2.25 bits per heavy atom. The van der Waals surface area contributed by atoms with Gasteiger partial charge in [0.15, 0.2) is 6.10 Å². The average molecular weight is 182 g/mol. The first kappa shape index (κ1) is 14.4. The van der Waals surface area contributed by atoms with Crippen molar-refractivity contribution in [2.24, 2.45) is 0 Å². The summed E-state index contributed by atoms with van der Waals surface area (Å²) >= 11 is 0. The molecule has 0 saturated heterocycles. The Labute approximate surface area is 94.4 Å². The largest absolute Gasteiger partial charge is 1.00 e. The van der Waals surface area contributed by atoms with Crippen molar-refractivity contribution in [1.29, 1.82) is 0 Å². The summed E-state index contributed by atoms with van der Waals surface area (Å²) in [4.78, 5) is 20.8. The van der Waals surface area contributed by atoms with Crippen molar-refractivity contribution in [3.63, 3.8) is 0 Å². The van der Waals surface area contributed by atoms with Gasteiger partial charge in [0.05, 0.1) is 0 Å². The molecule has 0 aliphatic heterocycles. The van der Waals surface area contributed by atoms with E-state index >= 15 is 0 Å². The number of hydrogen-bond donors (Lipinski definition) is 1. The number of aliphatic hydroxyl groups excluding tert-OH is 1. The van der Waals surface area contributed by atoms with E-state index in [4.69, 9.17) is 5.11 Å². The van der Waals surface area contributed by atoms with Crippen LogP contribution in [-0.2, 0) is 14.3 Å². The Hall–Kier alpha value is -0.160. The zero-order valence-electron chi connectivity index (χ0n) is 8.24. The van der Waals surface area contributed by atoms with Gasteiger partial charge in [-0.2, -0.15) is 0 Å². The van der Waals surface area contributed by atoms with Crippen molar-refractivity contribution in [2.75, 3.05) is 0 Å². The van der Waals surface area contributed by atoms with Crippen LogP contribution in [0.4, 0.5) is 0 Å². The Morgan fingerprint density at radius 3 is 2.58 bits per heavy atom. The molecule has 0 bridgehead atoms. The fourth-order valence-electron chi connectivity index (χ4n) is 0.464. The molecule has 5 heteroatoms. The van der Waals surface area contributed by atoms with E-state index in [1.807, 2.05) is 0 Å². The second-order valence-electron chi connectivity index (χ2n) is 1.95. The van der Waals surface area contributed by atoms with Gasteiger partial charge in [-0.05, 0) is 0 Å². The molecule has 4 nitrogen and oxygen atoms in total. The number of aliphatic hydroxyl groups is 1. The molecule has 0 saturated carbocycles. The summed E-state index contributed by atoms with van der Waals surface area (Å²) in [6.45, 7) is 4.41. The third kappa shape index (κ3) is 6.54. The van der Waals surface area contributed by atoms with E-state index in [0.29, 0.717) is 0 Å². The maximum Gasteiger partial charge on any atom is 1.00 e. The molecule has 1 N–H and O–H groups in total. The van der Waals surface area contributed by atoms with E-state index in [2.05, 4.69) is 11.3 Å². The minimum Gasteiger partial charge on any atom is -1.00 e. The molecule has 0 rings (SSSR count). The zero-order chi connectivity index (χ0) is 8.85. The summed E-state index contributed by atoms with van der Waals surface area (Å²) in [6, 6.07) is 0. The molecule has 0 aliphatic carbocycles. The van der Waals surface area contributed by atoms with Gasteiger partial charge in [-0.1, -0.05) is 6.08 Å². The third-order valence-corrected chi connectivity index (χ3v) is 0.906. The molecule has 0 aromatic rings. The monoisotopic (exact) mass is 182 g/mol. The summed E-state index contributed by atoms with van der Waals surface area (Å²) in [5.74, 6) is -1.66. The minimum atomic E-state index is -1.28. The SMILES string of the molecule is C=CCC(O)C(=O)OC(C)=O.[H-].[Na+]. The maximum atomic E-state index is 10.6. The molecule has 64 valence electrons. The predicted molar refractivity (Wildman–Crippen MR) is 38.7 cm³/mol. The van der Waals surface area contributed by atoms with Gasteiger partial charge in [-0.25, -0.2) is 4.79 Å². The van der Waals surface area contributed by atoms with Crippen LogP contribution in [0.1, 0.15) is 14.8 Å². The molecular formula is C7H11NaO4. The van der Waals surface area contributed by atoms with Crippen molar-refractivity contribution < 1.29 is 50.4 Å². The number of carbonyl (C=O) groups is 2. The number of carbonyl (C=O) groups excluding carboxylic acids is 2. The average Bonchev–Trinajstić information content (AvgIpc) is 1.86. The zero-order valence-corrected chi connectivity index (χ0v) is 9.24. The maximum absolute atomic E-state index is 10.6. The van der Waals surface area contributed by atoms with Gasteiger partial charge in [0.2, 0.25) is 0 Å². The van der Waals surface area contributed by atoms with Gasteiger partial charge in [0, 0.05) is 13.3 Å². The van der Waals surface area contributed by atoms with Crippen molar-refractivity contribution in [3.8, 4) is 0 Å². The molecule has 1 atom stereocenters. The van der Waals surface area contributed by atoms with E-state index in [0.717, 1.165) is 6.92 Å². The van der Waals surface area contributed by atoms with Crippen LogP contribution in [0.5, 0.6) is 0 Å². The van der Waals surface area contributed by atoms with Gasteiger partial charge < -0.3 is 11.3 Å². The summed E-state index contributed by atoms with van der Waals surface area (Å²) in [6.07, 6.45) is 0.175. The Bertz CT molecular complexity index is 183. The van der Waals surface area contributed by atoms with E-state index in [1.54, 1.807) is 0 Å². The molecule has 0 aliphatic rings.